The van der Waals surface area contributed by atoms with Gasteiger partial charge in [0.1, 0.15) is 10.8 Å². The van der Waals surface area contributed by atoms with Crippen molar-refractivity contribution in [2.24, 2.45) is 0 Å². The van der Waals surface area contributed by atoms with Gasteiger partial charge < -0.3 is 11.1 Å². The van der Waals surface area contributed by atoms with Gasteiger partial charge in [-0.2, -0.15) is 0 Å². The highest BCUT2D eigenvalue weighted by Gasteiger charge is 2.08. The van der Waals surface area contributed by atoms with E-state index in [4.69, 9.17) is 5.73 Å². The Hall–Kier alpha value is -1.95. The summed E-state index contributed by atoms with van der Waals surface area (Å²) in [5.41, 5.74) is 5.60. The molecule has 0 aliphatic heterocycles. The Morgan fingerprint density at radius 1 is 1.53 bits per heavy atom. The zero-order valence-electron chi connectivity index (χ0n) is 8.81. The van der Waals surface area contributed by atoms with E-state index in [-0.39, 0.29) is 17.2 Å². The third-order valence-electron chi connectivity index (χ3n) is 2.15. The molecule has 0 unspecified atom stereocenters. The van der Waals surface area contributed by atoms with Gasteiger partial charge in [-0.3, -0.25) is 4.79 Å². The Kier molecular flexibility index (Phi) is 3.34. The molecule has 0 saturated carbocycles. The number of nitrogens with zero attached hydrogens (tertiary/aromatic N) is 1. The molecule has 1 amide bonds. The normalized spacial score (nSPS) is 10.2. The molecule has 2 aromatic rings. The lowest BCUT2D eigenvalue weighted by Gasteiger charge is -2.04. The van der Waals surface area contributed by atoms with Crippen LogP contribution in [0, 0.1) is 5.82 Å². The Morgan fingerprint density at radius 3 is 3.00 bits per heavy atom. The summed E-state index contributed by atoms with van der Waals surface area (Å²) in [5.74, 6) is -0.939. The van der Waals surface area contributed by atoms with E-state index in [1.807, 2.05) is 5.38 Å². The fraction of sp³-hybridized carbons (Fsp3) is 0.0909. The minimum Gasteiger partial charge on any atom is -0.396 e. The van der Waals surface area contributed by atoms with Gasteiger partial charge in [0.2, 0.25) is 0 Å². The summed E-state index contributed by atoms with van der Waals surface area (Å²) < 4.78 is 13.1. The van der Waals surface area contributed by atoms with Gasteiger partial charge in [-0.05, 0) is 18.2 Å². The monoisotopic (exact) mass is 251 g/mol. The summed E-state index contributed by atoms with van der Waals surface area (Å²) in [7, 11) is 0. The third-order valence-corrected chi connectivity index (χ3v) is 2.93. The van der Waals surface area contributed by atoms with Gasteiger partial charge in [-0.15, -0.1) is 11.3 Å². The molecule has 1 heterocycles. The number of benzene rings is 1. The number of thiazole rings is 1. The zero-order chi connectivity index (χ0) is 12.3. The van der Waals surface area contributed by atoms with E-state index in [1.165, 1.54) is 23.5 Å². The lowest BCUT2D eigenvalue weighted by molar-refractivity contribution is 0.0950. The summed E-state index contributed by atoms with van der Waals surface area (Å²) in [4.78, 5) is 15.7. The molecule has 0 atom stereocenters. The van der Waals surface area contributed by atoms with Crippen molar-refractivity contribution in [3.05, 3.63) is 46.2 Å². The van der Waals surface area contributed by atoms with Crippen LogP contribution in [0.4, 0.5) is 10.1 Å². The maximum atomic E-state index is 13.1. The number of nitrogens with one attached hydrogen (secondary N) is 1. The van der Waals surface area contributed by atoms with Crippen molar-refractivity contribution in [2.75, 3.05) is 5.73 Å². The van der Waals surface area contributed by atoms with Gasteiger partial charge in [-0.25, -0.2) is 9.37 Å². The fourth-order valence-electron chi connectivity index (χ4n) is 1.27. The maximum absolute atomic E-state index is 13.1. The molecule has 0 radical (unpaired) electrons. The number of aromatic nitrogens is 1. The molecule has 2 rings (SSSR count). The number of carbonyl (C=O) groups excluding carboxylic acids is 1. The zero-order valence-corrected chi connectivity index (χ0v) is 9.63. The predicted molar refractivity (Wildman–Crippen MR) is 64.1 cm³/mol. The molecular weight excluding hydrogens is 241 g/mol. The first-order chi connectivity index (χ1) is 8.16. The molecule has 0 fully saturated rings. The van der Waals surface area contributed by atoms with Gasteiger partial charge in [-0.1, -0.05) is 0 Å². The Balaban J connectivity index is 2.02. The van der Waals surface area contributed by atoms with Crippen LogP contribution in [0.3, 0.4) is 0 Å². The van der Waals surface area contributed by atoms with E-state index in [1.54, 1.807) is 6.20 Å². The second-order valence-electron chi connectivity index (χ2n) is 3.34. The highest BCUT2D eigenvalue weighted by molar-refractivity contribution is 7.09. The summed E-state index contributed by atoms with van der Waals surface area (Å²) in [6.45, 7) is 0.336. The number of nitrogen functional groups attached to an aromatic ring is 1. The fourth-order valence-corrected chi connectivity index (χ4v) is 1.82. The molecule has 3 N–H and O–H groups in total. The molecule has 88 valence electrons. The Labute approximate surface area is 101 Å². The van der Waals surface area contributed by atoms with E-state index < -0.39 is 5.82 Å². The number of amides is 1. The molecule has 17 heavy (non-hydrogen) atoms. The SMILES string of the molecule is Nc1ccc(C(=O)NCc2nccs2)cc1F. The lowest BCUT2D eigenvalue weighted by Crippen LogP contribution is -2.22. The van der Waals surface area contributed by atoms with Crippen LogP contribution in [0.1, 0.15) is 15.4 Å². The third kappa shape index (κ3) is 2.79. The molecule has 0 aliphatic carbocycles. The molecule has 0 bridgehead atoms. The molecule has 0 spiro atoms. The minimum absolute atomic E-state index is 0.0291. The second kappa shape index (κ2) is 4.92. The summed E-state index contributed by atoms with van der Waals surface area (Å²) in [6, 6.07) is 3.97. The van der Waals surface area contributed by atoms with Crippen molar-refractivity contribution in [2.45, 2.75) is 6.54 Å². The lowest BCUT2D eigenvalue weighted by atomic mass is 10.2. The number of hydrogen-bond acceptors (Lipinski definition) is 4. The van der Waals surface area contributed by atoms with Gasteiger partial charge >= 0.3 is 0 Å². The number of carbonyl (C=O) groups is 1. The van der Waals surface area contributed by atoms with Crippen LogP contribution in [0.25, 0.3) is 0 Å². The van der Waals surface area contributed by atoms with Crippen LogP contribution in [-0.2, 0) is 6.54 Å². The molecule has 0 saturated heterocycles. The summed E-state index contributed by atoms with van der Waals surface area (Å²) in [5, 5.41) is 5.27. The van der Waals surface area contributed by atoms with Crippen molar-refractivity contribution in [1.29, 1.82) is 0 Å². The molecule has 0 aliphatic rings. The number of nitrogens with two attached hydrogens (primary N) is 1. The number of anilines is 1. The molecule has 1 aromatic heterocycles. The maximum Gasteiger partial charge on any atom is 0.251 e. The molecule has 4 nitrogen and oxygen atoms in total. The number of hydrogen-bond donors (Lipinski definition) is 2. The van der Waals surface area contributed by atoms with Crippen molar-refractivity contribution >= 4 is 22.9 Å². The highest BCUT2D eigenvalue weighted by atomic mass is 32.1. The van der Waals surface area contributed by atoms with Crippen LogP contribution in [0.5, 0.6) is 0 Å². The average molecular weight is 251 g/mol. The van der Waals surface area contributed by atoms with E-state index in [2.05, 4.69) is 10.3 Å². The largest absolute Gasteiger partial charge is 0.396 e. The van der Waals surface area contributed by atoms with Crippen molar-refractivity contribution < 1.29 is 9.18 Å². The summed E-state index contributed by atoms with van der Waals surface area (Å²) >= 11 is 1.45. The first-order valence-electron chi connectivity index (χ1n) is 4.88. The molecular formula is C11H10FN3OS. The van der Waals surface area contributed by atoms with Crippen LogP contribution < -0.4 is 11.1 Å². The van der Waals surface area contributed by atoms with E-state index in [0.29, 0.717) is 6.54 Å². The van der Waals surface area contributed by atoms with E-state index >= 15 is 0 Å². The smallest absolute Gasteiger partial charge is 0.251 e. The average Bonchev–Trinajstić information content (AvgIpc) is 2.82. The van der Waals surface area contributed by atoms with Crippen LogP contribution in [0.2, 0.25) is 0 Å². The van der Waals surface area contributed by atoms with E-state index in [9.17, 15) is 9.18 Å². The standard InChI is InChI=1S/C11H10FN3OS/c12-8-5-7(1-2-9(8)13)11(16)15-6-10-14-3-4-17-10/h1-5H,6,13H2,(H,15,16). The number of halogens is 1. The van der Waals surface area contributed by atoms with Crippen molar-refractivity contribution in [3.8, 4) is 0 Å². The Morgan fingerprint density at radius 2 is 2.35 bits per heavy atom. The Bertz CT molecular complexity index is 528. The second-order valence-corrected chi connectivity index (χ2v) is 4.32. The van der Waals surface area contributed by atoms with Crippen LogP contribution in [0.15, 0.2) is 29.8 Å². The summed E-state index contributed by atoms with van der Waals surface area (Å²) in [6.07, 6.45) is 1.66. The quantitative estimate of drug-likeness (QED) is 0.817. The van der Waals surface area contributed by atoms with Gasteiger partial charge in [0.25, 0.3) is 5.91 Å². The van der Waals surface area contributed by atoms with E-state index in [0.717, 1.165) is 11.1 Å². The van der Waals surface area contributed by atoms with Gasteiger partial charge in [0.05, 0.1) is 12.2 Å². The van der Waals surface area contributed by atoms with Crippen LogP contribution in [-0.4, -0.2) is 10.9 Å². The topological polar surface area (TPSA) is 68.0 Å². The highest BCUT2D eigenvalue weighted by Crippen LogP contribution is 2.12. The first kappa shape index (κ1) is 11.5. The van der Waals surface area contributed by atoms with Gasteiger partial charge in [0, 0.05) is 17.1 Å². The van der Waals surface area contributed by atoms with Crippen molar-refractivity contribution in [3.63, 3.8) is 0 Å². The van der Waals surface area contributed by atoms with Gasteiger partial charge in [0.15, 0.2) is 0 Å². The molecule has 1 aromatic carbocycles. The predicted octanol–water partition coefficient (Wildman–Crippen LogP) is 1.79. The van der Waals surface area contributed by atoms with Crippen LogP contribution >= 0.6 is 11.3 Å². The van der Waals surface area contributed by atoms with Crippen molar-refractivity contribution in [1.82, 2.24) is 10.3 Å². The number of rotatable bonds is 3. The molecule has 6 heteroatoms. The minimum atomic E-state index is -0.591. The first-order valence-corrected chi connectivity index (χ1v) is 5.76.